The number of quaternary nitrogens is 1. The number of benzene rings is 2. The van der Waals surface area contributed by atoms with Crippen molar-refractivity contribution < 1.29 is 24.0 Å². The smallest absolute Gasteiger partial charge is 0.275 e. The van der Waals surface area contributed by atoms with E-state index in [1.807, 2.05) is 32.2 Å². The molecule has 7 nitrogen and oxygen atoms in total. The van der Waals surface area contributed by atoms with Gasteiger partial charge >= 0.3 is 0 Å². The third-order valence-electron chi connectivity index (χ3n) is 4.39. The van der Waals surface area contributed by atoms with E-state index in [1.165, 1.54) is 0 Å². The summed E-state index contributed by atoms with van der Waals surface area (Å²) in [5, 5.41) is 5.98. The monoisotopic (exact) mass is 404 g/mol. The van der Waals surface area contributed by atoms with E-state index in [1.54, 1.807) is 18.2 Å². The molecular formula is C20H23ClN3O4+. The number of ether oxygens (including phenoxy) is 2. The van der Waals surface area contributed by atoms with Crippen molar-refractivity contribution in [3.63, 3.8) is 0 Å². The molecule has 8 heteroatoms. The number of fused-ring (bicyclic) bond motifs is 1. The molecule has 0 saturated carbocycles. The van der Waals surface area contributed by atoms with Crippen molar-refractivity contribution in [2.24, 2.45) is 0 Å². The first kappa shape index (κ1) is 20.0. The largest absolute Gasteiger partial charge is 0.454 e. The minimum absolute atomic E-state index is 0.0951. The van der Waals surface area contributed by atoms with Crippen LogP contribution in [0.4, 0.5) is 5.69 Å². The van der Waals surface area contributed by atoms with Gasteiger partial charge < -0.3 is 25.0 Å². The third-order valence-corrected chi connectivity index (χ3v) is 4.80. The Kier molecular flexibility index (Phi) is 6.38. The van der Waals surface area contributed by atoms with Gasteiger partial charge in [0.05, 0.1) is 13.6 Å². The number of nitrogens with one attached hydrogen (secondary N) is 3. The number of hydrogen-bond donors (Lipinski definition) is 3. The van der Waals surface area contributed by atoms with E-state index in [2.05, 4.69) is 10.6 Å². The van der Waals surface area contributed by atoms with Crippen molar-refractivity contribution in [3.8, 4) is 11.5 Å². The summed E-state index contributed by atoms with van der Waals surface area (Å²) in [7, 11) is 1.92. The van der Waals surface area contributed by atoms with Crippen LogP contribution in [0.5, 0.6) is 11.5 Å². The van der Waals surface area contributed by atoms with Gasteiger partial charge in [-0.2, -0.15) is 0 Å². The van der Waals surface area contributed by atoms with E-state index in [0.717, 1.165) is 27.5 Å². The van der Waals surface area contributed by atoms with Crippen LogP contribution in [0.25, 0.3) is 0 Å². The molecule has 3 rings (SSSR count). The third kappa shape index (κ3) is 5.15. The molecule has 28 heavy (non-hydrogen) atoms. The van der Waals surface area contributed by atoms with Gasteiger partial charge in [-0.1, -0.05) is 17.7 Å². The predicted molar refractivity (Wildman–Crippen MR) is 106 cm³/mol. The van der Waals surface area contributed by atoms with Crippen LogP contribution in [-0.2, 0) is 16.1 Å². The van der Waals surface area contributed by atoms with Gasteiger partial charge in [0.15, 0.2) is 18.0 Å². The lowest BCUT2D eigenvalue weighted by molar-refractivity contribution is -0.885. The molecule has 148 valence electrons. The molecule has 1 heterocycles. The molecule has 1 aliphatic heterocycles. The second kappa shape index (κ2) is 8.95. The fraction of sp³-hybridized carbons (Fsp3) is 0.300. The Hall–Kier alpha value is -2.77. The first-order chi connectivity index (χ1) is 13.4. The summed E-state index contributed by atoms with van der Waals surface area (Å²) in [6, 6.07) is 11.0. The molecule has 2 aromatic carbocycles. The molecule has 0 aliphatic carbocycles. The normalized spacial score (nSPS) is 13.1. The molecule has 0 fully saturated rings. The zero-order valence-corrected chi connectivity index (χ0v) is 16.6. The molecule has 1 atom stereocenters. The number of rotatable bonds is 7. The topological polar surface area (TPSA) is 81.1 Å². The Morgan fingerprint density at radius 2 is 1.93 bits per heavy atom. The zero-order chi connectivity index (χ0) is 20.1. The standard InChI is InChI=1S/C20H22ClN3O4/c1-13-15(21)4-3-5-16(13)23-19(25)9-22-20(26)11-24(2)10-14-6-7-17-18(8-14)28-12-27-17/h3-8H,9-12H2,1-2H3,(H,22,26)(H,23,25)/p+1. The number of halogens is 1. The maximum atomic E-state index is 12.1. The number of carbonyl (C=O) groups excluding carboxylic acids is 2. The fourth-order valence-electron chi connectivity index (χ4n) is 2.91. The first-order valence-corrected chi connectivity index (χ1v) is 9.31. The average molecular weight is 405 g/mol. The highest BCUT2D eigenvalue weighted by atomic mass is 35.5. The fourth-order valence-corrected chi connectivity index (χ4v) is 3.09. The molecule has 1 unspecified atom stereocenters. The van der Waals surface area contributed by atoms with Gasteiger partial charge in [-0.3, -0.25) is 9.59 Å². The molecule has 0 spiro atoms. The predicted octanol–water partition coefficient (Wildman–Crippen LogP) is 1.15. The van der Waals surface area contributed by atoms with E-state index < -0.39 is 0 Å². The van der Waals surface area contributed by atoms with Crippen molar-refractivity contribution in [3.05, 3.63) is 52.5 Å². The first-order valence-electron chi connectivity index (χ1n) is 8.94. The van der Waals surface area contributed by atoms with Crippen molar-refractivity contribution >= 4 is 29.1 Å². The molecule has 0 saturated heterocycles. The van der Waals surface area contributed by atoms with Gasteiger partial charge in [0, 0.05) is 16.3 Å². The summed E-state index contributed by atoms with van der Waals surface area (Å²) in [5.74, 6) is 0.964. The van der Waals surface area contributed by atoms with E-state index in [-0.39, 0.29) is 31.7 Å². The number of likely N-dealkylation sites (N-methyl/N-ethyl adjacent to an activating group) is 1. The molecule has 2 amide bonds. The highest BCUT2D eigenvalue weighted by molar-refractivity contribution is 6.31. The SMILES string of the molecule is Cc1c(Cl)cccc1NC(=O)CNC(=O)C[NH+](C)Cc1ccc2c(c1)OCO2. The molecule has 0 aromatic heterocycles. The summed E-state index contributed by atoms with van der Waals surface area (Å²) in [6.07, 6.45) is 0. The molecule has 2 aromatic rings. The maximum absolute atomic E-state index is 12.1. The van der Waals surface area contributed by atoms with Crippen LogP contribution in [0.2, 0.25) is 5.02 Å². The summed E-state index contributed by atoms with van der Waals surface area (Å²) in [6.45, 7) is 2.86. The second-order valence-corrected chi connectivity index (χ2v) is 7.14. The average Bonchev–Trinajstić information content (AvgIpc) is 3.11. The van der Waals surface area contributed by atoms with Gasteiger partial charge in [0.2, 0.25) is 12.7 Å². The minimum atomic E-state index is -0.299. The maximum Gasteiger partial charge on any atom is 0.275 e. The summed E-state index contributed by atoms with van der Waals surface area (Å²) in [4.78, 5) is 25.2. The van der Waals surface area contributed by atoms with E-state index in [0.29, 0.717) is 17.3 Å². The van der Waals surface area contributed by atoms with Crippen molar-refractivity contribution in [1.29, 1.82) is 0 Å². The van der Waals surface area contributed by atoms with Crippen LogP contribution in [0.15, 0.2) is 36.4 Å². The molecule has 1 aliphatic rings. The van der Waals surface area contributed by atoms with Crippen LogP contribution in [0, 0.1) is 6.92 Å². The molecule has 0 bridgehead atoms. The van der Waals surface area contributed by atoms with E-state index in [9.17, 15) is 9.59 Å². The zero-order valence-electron chi connectivity index (χ0n) is 15.8. The highest BCUT2D eigenvalue weighted by Gasteiger charge is 2.16. The Bertz CT molecular complexity index is 888. The minimum Gasteiger partial charge on any atom is -0.454 e. The molecular weight excluding hydrogens is 382 g/mol. The Balaban J connectivity index is 1.43. The van der Waals surface area contributed by atoms with Gasteiger partial charge in [-0.15, -0.1) is 0 Å². The van der Waals surface area contributed by atoms with Crippen LogP contribution >= 0.6 is 11.6 Å². The number of hydrogen-bond acceptors (Lipinski definition) is 4. The van der Waals surface area contributed by atoms with Crippen LogP contribution in [0.1, 0.15) is 11.1 Å². The highest BCUT2D eigenvalue weighted by Crippen LogP contribution is 2.32. The Morgan fingerprint density at radius 3 is 2.75 bits per heavy atom. The number of anilines is 1. The van der Waals surface area contributed by atoms with Crippen LogP contribution in [-0.4, -0.2) is 38.7 Å². The van der Waals surface area contributed by atoms with Crippen LogP contribution in [0.3, 0.4) is 0 Å². The van der Waals surface area contributed by atoms with Gasteiger partial charge in [-0.25, -0.2) is 0 Å². The summed E-state index contributed by atoms with van der Waals surface area (Å²) < 4.78 is 10.7. The van der Waals surface area contributed by atoms with Gasteiger partial charge in [-0.05, 0) is 42.8 Å². The van der Waals surface area contributed by atoms with Crippen molar-refractivity contribution in [2.75, 3.05) is 32.2 Å². The number of carbonyl (C=O) groups is 2. The van der Waals surface area contributed by atoms with Gasteiger partial charge in [0.1, 0.15) is 6.54 Å². The lowest BCUT2D eigenvalue weighted by Gasteiger charge is -2.14. The molecule has 3 N–H and O–H groups in total. The second-order valence-electron chi connectivity index (χ2n) is 6.74. The van der Waals surface area contributed by atoms with Gasteiger partial charge in [0.25, 0.3) is 5.91 Å². The lowest BCUT2D eigenvalue weighted by atomic mass is 10.2. The number of amides is 2. The van der Waals surface area contributed by atoms with E-state index in [4.69, 9.17) is 21.1 Å². The lowest BCUT2D eigenvalue weighted by Crippen LogP contribution is -3.08. The quantitative estimate of drug-likeness (QED) is 0.646. The Morgan fingerprint density at radius 1 is 1.14 bits per heavy atom. The van der Waals surface area contributed by atoms with Crippen LogP contribution < -0.4 is 25.0 Å². The molecule has 0 radical (unpaired) electrons. The van der Waals surface area contributed by atoms with Crippen molar-refractivity contribution in [2.45, 2.75) is 13.5 Å². The van der Waals surface area contributed by atoms with E-state index >= 15 is 0 Å². The van der Waals surface area contributed by atoms with Crippen molar-refractivity contribution in [1.82, 2.24) is 5.32 Å². The summed E-state index contributed by atoms with van der Waals surface area (Å²) >= 11 is 6.04. The Labute approximate surface area is 168 Å². The summed E-state index contributed by atoms with van der Waals surface area (Å²) in [5.41, 5.74) is 2.47.